The summed E-state index contributed by atoms with van der Waals surface area (Å²) in [5, 5.41) is 11.3. The van der Waals surface area contributed by atoms with Crippen LogP contribution >= 0.6 is 0 Å². The Kier molecular flexibility index (Phi) is 5.50. The molecule has 1 aliphatic rings. The molecule has 1 aliphatic heterocycles. The van der Waals surface area contributed by atoms with Crippen LogP contribution in [0.2, 0.25) is 0 Å². The highest BCUT2D eigenvalue weighted by Crippen LogP contribution is 2.28. The zero-order chi connectivity index (χ0) is 17.6. The molecule has 3 rings (SSSR count). The SMILES string of the molecule is COc1ccc(CN2CCCN(c3ccccc3[N+](=O)[O-])CC2)cc1. The van der Waals surface area contributed by atoms with E-state index < -0.39 is 0 Å². The largest absolute Gasteiger partial charge is 0.497 e. The Morgan fingerprint density at radius 2 is 1.80 bits per heavy atom. The molecule has 0 N–H and O–H groups in total. The molecule has 2 aromatic rings. The second-order valence-corrected chi connectivity index (χ2v) is 6.21. The van der Waals surface area contributed by atoms with Gasteiger partial charge in [0, 0.05) is 38.8 Å². The molecule has 0 atom stereocenters. The summed E-state index contributed by atoms with van der Waals surface area (Å²) in [6, 6.07) is 15.1. The molecule has 2 aromatic carbocycles. The van der Waals surface area contributed by atoms with Crippen molar-refractivity contribution in [2.24, 2.45) is 0 Å². The molecular weight excluding hydrogens is 318 g/mol. The molecule has 0 aliphatic carbocycles. The zero-order valence-corrected chi connectivity index (χ0v) is 14.4. The van der Waals surface area contributed by atoms with E-state index in [4.69, 9.17) is 4.74 Å². The van der Waals surface area contributed by atoms with Crippen LogP contribution < -0.4 is 9.64 Å². The van der Waals surface area contributed by atoms with Crippen molar-refractivity contribution in [3.05, 3.63) is 64.2 Å². The van der Waals surface area contributed by atoms with Crippen LogP contribution in [0.25, 0.3) is 0 Å². The topological polar surface area (TPSA) is 58.8 Å². The van der Waals surface area contributed by atoms with Crippen molar-refractivity contribution in [2.45, 2.75) is 13.0 Å². The van der Waals surface area contributed by atoms with Crippen LogP contribution in [-0.2, 0) is 6.54 Å². The molecule has 1 saturated heterocycles. The smallest absolute Gasteiger partial charge is 0.292 e. The summed E-state index contributed by atoms with van der Waals surface area (Å²) in [7, 11) is 1.67. The van der Waals surface area contributed by atoms with Crippen molar-refractivity contribution in [2.75, 3.05) is 38.2 Å². The number of anilines is 1. The first-order valence-electron chi connectivity index (χ1n) is 8.51. The molecule has 6 nitrogen and oxygen atoms in total. The van der Waals surface area contributed by atoms with E-state index in [0.717, 1.165) is 50.6 Å². The predicted octanol–water partition coefficient (Wildman–Crippen LogP) is 3.32. The molecular formula is C19H23N3O3. The van der Waals surface area contributed by atoms with Crippen molar-refractivity contribution in [1.82, 2.24) is 4.90 Å². The lowest BCUT2D eigenvalue weighted by molar-refractivity contribution is -0.384. The van der Waals surface area contributed by atoms with Crippen molar-refractivity contribution < 1.29 is 9.66 Å². The molecule has 25 heavy (non-hydrogen) atoms. The summed E-state index contributed by atoms with van der Waals surface area (Å²) >= 11 is 0. The molecule has 0 spiro atoms. The third-order valence-electron chi connectivity index (χ3n) is 4.57. The monoisotopic (exact) mass is 341 g/mol. The molecule has 132 valence electrons. The van der Waals surface area contributed by atoms with Crippen LogP contribution in [0.4, 0.5) is 11.4 Å². The van der Waals surface area contributed by atoms with Gasteiger partial charge < -0.3 is 9.64 Å². The first-order chi connectivity index (χ1) is 12.2. The molecule has 0 aromatic heterocycles. The fourth-order valence-corrected chi connectivity index (χ4v) is 3.25. The predicted molar refractivity (Wildman–Crippen MR) is 98.2 cm³/mol. The number of hydrogen-bond donors (Lipinski definition) is 0. The number of benzene rings is 2. The Balaban J connectivity index is 1.65. The van der Waals surface area contributed by atoms with E-state index in [1.165, 1.54) is 5.56 Å². The Labute approximate surface area is 147 Å². The average molecular weight is 341 g/mol. The van der Waals surface area contributed by atoms with Gasteiger partial charge >= 0.3 is 0 Å². The lowest BCUT2D eigenvalue weighted by Crippen LogP contribution is -2.30. The number of hydrogen-bond acceptors (Lipinski definition) is 5. The minimum atomic E-state index is -0.296. The van der Waals surface area contributed by atoms with Gasteiger partial charge in [-0.3, -0.25) is 15.0 Å². The highest BCUT2D eigenvalue weighted by atomic mass is 16.6. The molecule has 0 bridgehead atoms. The van der Waals surface area contributed by atoms with Gasteiger partial charge in [0.1, 0.15) is 11.4 Å². The summed E-state index contributed by atoms with van der Waals surface area (Å²) in [6.45, 7) is 4.39. The number of nitro groups is 1. The van der Waals surface area contributed by atoms with Gasteiger partial charge in [0.25, 0.3) is 5.69 Å². The number of nitrogens with zero attached hydrogens (tertiary/aromatic N) is 3. The summed E-state index contributed by atoms with van der Waals surface area (Å²) in [4.78, 5) is 15.5. The first kappa shape index (κ1) is 17.2. The highest BCUT2D eigenvalue weighted by molar-refractivity contribution is 5.63. The Bertz CT molecular complexity index is 718. The van der Waals surface area contributed by atoms with Gasteiger partial charge in [-0.15, -0.1) is 0 Å². The van der Waals surface area contributed by atoms with Crippen LogP contribution in [0.5, 0.6) is 5.75 Å². The van der Waals surface area contributed by atoms with Gasteiger partial charge in [0.05, 0.1) is 12.0 Å². The van der Waals surface area contributed by atoms with Gasteiger partial charge in [0.2, 0.25) is 0 Å². The third kappa shape index (κ3) is 4.28. The van der Waals surface area contributed by atoms with Crippen molar-refractivity contribution in [1.29, 1.82) is 0 Å². The van der Waals surface area contributed by atoms with Crippen LogP contribution in [-0.4, -0.2) is 43.1 Å². The molecule has 6 heteroatoms. The van der Waals surface area contributed by atoms with Gasteiger partial charge in [-0.05, 0) is 30.2 Å². The van der Waals surface area contributed by atoms with Gasteiger partial charge in [-0.2, -0.15) is 0 Å². The van der Waals surface area contributed by atoms with E-state index in [0.29, 0.717) is 0 Å². The first-order valence-corrected chi connectivity index (χ1v) is 8.51. The second-order valence-electron chi connectivity index (χ2n) is 6.21. The molecule has 0 amide bonds. The van der Waals surface area contributed by atoms with E-state index in [1.807, 2.05) is 24.3 Å². The third-order valence-corrected chi connectivity index (χ3v) is 4.57. The van der Waals surface area contributed by atoms with Crippen molar-refractivity contribution in [3.8, 4) is 5.75 Å². The number of methoxy groups -OCH3 is 1. The average Bonchev–Trinajstić information content (AvgIpc) is 2.88. The lowest BCUT2D eigenvalue weighted by Gasteiger charge is -2.23. The van der Waals surface area contributed by atoms with Gasteiger partial charge in [0.15, 0.2) is 0 Å². The highest BCUT2D eigenvalue weighted by Gasteiger charge is 2.21. The van der Waals surface area contributed by atoms with Crippen LogP contribution in [0.1, 0.15) is 12.0 Å². The summed E-state index contributed by atoms with van der Waals surface area (Å²) in [5.41, 5.74) is 2.16. The number of nitro benzene ring substituents is 1. The summed E-state index contributed by atoms with van der Waals surface area (Å²) < 4.78 is 5.20. The number of rotatable bonds is 5. The lowest BCUT2D eigenvalue weighted by atomic mass is 10.2. The maximum absolute atomic E-state index is 11.3. The Morgan fingerprint density at radius 3 is 2.52 bits per heavy atom. The number of ether oxygens (including phenoxy) is 1. The van der Waals surface area contributed by atoms with E-state index in [-0.39, 0.29) is 10.6 Å². The molecule has 0 unspecified atom stereocenters. The maximum atomic E-state index is 11.3. The molecule has 0 radical (unpaired) electrons. The quantitative estimate of drug-likeness (QED) is 0.617. The van der Waals surface area contributed by atoms with Gasteiger partial charge in [-0.1, -0.05) is 24.3 Å². The molecule has 1 fully saturated rings. The Hall–Kier alpha value is -2.60. The minimum absolute atomic E-state index is 0.186. The second kappa shape index (κ2) is 7.98. The normalized spacial score (nSPS) is 15.6. The van der Waals surface area contributed by atoms with E-state index >= 15 is 0 Å². The van der Waals surface area contributed by atoms with Crippen LogP contribution in [0.3, 0.4) is 0 Å². The number of para-hydroxylation sites is 2. The fourth-order valence-electron chi connectivity index (χ4n) is 3.25. The fraction of sp³-hybridized carbons (Fsp3) is 0.368. The zero-order valence-electron chi connectivity index (χ0n) is 14.4. The van der Waals surface area contributed by atoms with E-state index in [9.17, 15) is 10.1 Å². The van der Waals surface area contributed by atoms with Crippen molar-refractivity contribution in [3.63, 3.8) is 0 Å². The molecule has 1 heterocycles. The van der Waals surface area contributed by atoms with E-state index in [2.05, 4.69) is 21.9 Å². The summed E-state index contributed by atoms with van der Waals surface area (Å²) in [6.07, 6.45) is 0.988. The maximum Gasteiger partial charge on any atom is 0.292 e. The molecule has 0 saturated carbocycles. The van der Waals surface area contributed by atoms with E-state index in [1.54, 1.807) is 19.2 Å². The standard InChI is InChI=1S/C19H23N3O3/c1-25-17-9-7-16(8-10-17)15-20-11-4-12-21(14-13-20)18-5-2-3-6-19(18)22(23)24/h2-3,5-10H,4,11-15H2,1H3. The van der Waals surface area contributed by atoms with Crippen LogP contribution in [0.15, 0.2) is 48.5 Å². The van der Waals surface area contributed by atoms with Crippen LogP contribution in [0, 0.1) is 10.1 Å². The van der Waals surface area contributed by atoms with Crippen molar-refractivity contribution >= 4 is 11.4 Å². The minimum Gasteiger partial charge on any atom is -0.497 e. The summed E-state index contributed by atoms with van der Waals surface area (Å²) in [5.74, 6) is 0.863. The Morgan fingerprint density at radius 1 is 1.04 bits per heavy atom. The van der Waals surface area contributed by atoms with Gasteiger partial charge in [-0.25, -0.2) is 0 Å².